The quantitative estimate of drug-likeness (QED) is 0.263. The lowest BCUT2D eigenvalue weighted by atomic mass is 10.4. The van der Waals surface area contributed by atoms with E-state index in [0.717, 1.165) is 4.90 Å². The van der Waals surface area contributed by atoms with E-state index in [1.165, 1.54) is 0 Å². The third-order valence-corrected chi connectivity index (χ3v) is 1.88. The van der Waals surface area contributed by atoms with Gasteiger partial charge in [0.15, 0.2) is 0 Å². The van der Waals surface area contributed by atoms with Crippen LogP contribution in [0.2, 0.25) is 0 Å². The summed E-state index contributed by atoms with van der Waals surface area (Å²) in [6.07, 6.45) is 0.544. The molecule has 4 N–H and O–H groups in total. The summed E-state index contributed by atoms with van der Waals surface area (Å²) in [6, 6.07) is 0. The first-order valence-corrected chi connectivity index (χ1v) is 4.46. The molecular weight excluding hydrogens is 198 g/mol. The average molecular weight is 211 g/mol. The maximum Gasteiger partial charge on any atom is 0.230 e. The molecule has 7 nitrogen and oxygen atoms in total. The van der Waals surface area contributed by atoms with E-state index in [0.29, 0.717) is 5.71 Å². The van der Waals surface area contributed by atoms with Gasteiger partial charge in [-0.3, -0.25) is 14.5 Å². The number of guanidine groups is 1. The second-order valence-corrected chi connectivity index (χ2v) is 3.23. The van der Waals surface area contributed by atoms with Crippen LogP contribution in [0.5, 0.6) is 0 Å². The topological polar surface area (TPSA) is 114 Å². The second kappa shape index (κ2) is 4.54. The molecule has 1 rings (SSSR count). The summed E-state index contributed by atoms with van der Waals surface area (Å²) in [5.74, 6) is -0.521. The minimum Gasteiger partial charge on any atom is -0.369 e. The molecule has 0 aromatic carbocycles. The number of likely N-dealkylation sites (tertiary alicyclic amines) is 1. The van der Waals surface area contributed by atoms with E-state index in [4.69, 9.17) is 11.5 Å². The van der Waals surface area contributed by atoms with Gasteiger partial charge in [0.2, 0.25) is 17.8 Å². The number of amides is 2. The maximum absolute atomic E-state index is 11.2. The molecule has 0 saturated carbocycles. The predicted octanol–water partition coefficient (Wildman–Crippen LogP) is -1.22. The molecule has 0 unspecified atom stereocenters. The van der Waals surface area contributed by atoms with Crippen LogP contribution >= 0.6 is 0 Å². The Morgan fingerprint density at radius 2 is 1.80 bits per heavy atom. The highest BCUT2D eigenvalue weighted by molar-refractivity contribution is 6.05. The van der Waals surface area contributed by atoms with E-state index in [2.05, 4.69) is 10.2 Å². The van der Waals surface area contributed by atoms with E-state index in [-0.39, 0.29) is 37.2 Å². The van der Waals surface area contributed by atoms with Crippen molar-refractivity contribution in [3.05, 3.63) is 0 Å². The molecule has 2 amide bonds. The highest BCUT2D eigenvalue weighted by atomic mass is 16.2. The van der Waals surface area contributed by atoms with Gasteiger partial charge in [-0.05, 0) is 6.92 Å². The van der Waals surface area contributed by atoms with Gasteiger partial charge in [0.25, 0.3) is 0 Å². The largest absolute Gasteiger partial charge is 0.369 e. The number of carbonyl (C=O) groups excluding carboxylic acids is 2. The molecule has 15 heavy (non-hydrogen) atoms. The standard InChI is InChI=1S/C8H13N5O2/c1-5(11-12-8(9)10)4-13-6(14)2-3-7(13)15/h2-4H2,1H3,(H4,9,10,12). The Balaban J connectivity index is 2.61. The molecule has 1 heterocycles. The summed E-state index contributed by atoms with van der Waals surface area (Å²) in [6.45, 7) is 1.79. The lowest BCUT2D eigenvalue weighted by Gasteiger charge is -2.11. The van der Waals surface area contributed by atoms with E-state index in [9.17, 15) is 9.59 Å². The van der Waals surface area contributed by atoms with Crippen molar-refractivity contribution in [2.24, 2.45) is 21.7 Å². The third-order valence-electron chi connectivity index (χ3n) is 1.88. The molecule has 0 aromatic heterocycles. The number of imide groups is 1. The maximum atomic E-state index is 11.2. The van der Waals surface area contributed by atoms with Crippen LogP contribution in [-0.4, -0.2) is 34.9 Å². The monoisotopic (exact) mass is 211 g/mol. The zero-order valence-electron chi connectivity index (χ0n) is 8.43. The SMILES string of the molecule is CC(CN1C(=O)CCC1=O)=NN=C(N)N. The van der Waals surface area contributed by atoms with Gasteiger partial charge in [-0.1, -0.05) is 0 Å². The fraction of sp³-hybridized carbons (Fsp3) is 0.500. The third kappa shape index (κ3) is 3.04. The average Bonchev–Trinajstić information content (AvgIpc) is 2.46. The number of hydrogen-bond donors (Lipinski definition) is 2. The molecular formula is C8H13N5O2. The number of rotatable bonds is 3. The Labute approximate surface area is 86.8 Å². The molecule has 0 radical (unpaired) electrons. The summed E-state index contributed by atoms with van der Waals surface area (Å²) in [7, 11) is 0. The second-order valence-electron chi connectivity index (χ2n) is 3.23. The van der Waals surface area contributed by atoms with Crippen LogP contribution in [0.4, 0.5) is 0 Å². The van der Waals surface area contributed by atoms with Crippen LogP contribution in [0, 0.1) is 0 Å². The zero-order valence-corrected chi connectivity index (χ0v) is 8.43. The van der Waals surface area contributed by atoms with Crippen molar-refractivity contribution in [1.82, 2.24) is 4.90 Å². The Kier molecular flexibility index (Phi) is 3.37. The summed E-state index contributed by atoms with van der Waals surface area (Å²) in [5.41, 5.74) is 10.7. The number of carbonyl (C=O) groups is 2. The number of nitrogens with zero attached hydrogens (tertiary/aromatic N) is 3. The van der Waals surface area contributed by atoms with Gasteiger partial charge >= 0.3 is 0 Å². The highest BCUT2D eigenvalue weighted by Gasteiger charge is 2.28. The Bertz CT molecular complexity index is 327. The summed E-state index contributed by atoms with van der Waals surface area (Å²) < 4.78 is 0. The molecule has 82 valence electrons. The molecule has 1 fully saturated rings. The fourth-order valence-electron chi connectivity index (χ4n) is 1.20. The van der Waals surface area contributed by atoms with Gasteiger partial charge in [0.05, 0.1) is 12.3 Å². The molecule has 1 aliphatic heterocycles. The molecule has 1 saturated heterocycles. The summed E-state index contributed by atoms with van der Waals surface area (Å²) in [5, 5.41) is 7.09. The fourth-order valence-corrected chi connectivity index (χ4v) is 1.20. The summed E-state index contributed by atoms with van der Waals surface area (Å²) >= 11 is 0. The van der Waals surface area contributed by atoms with Crippen molar-refractivity contribution < 1.29 is 9.59 Å². The van der Waals surface area contributed by atoms with Gasteiger partial charge < -0.3 is 11.5 Å². The molecule has 1 aliphatic rings. The Morgan fingerprint density at radius 1 is 1.27 bits per heavy atom. The van der Waals surface area contributed by atoms with Gasteiger partial charge in [0.1, 0.15) is 0 Å². The first-order valence-electron chi connectivity index (χ1n) is 4.46. The highest BCUT2D eigenvalue weighted by Crippen LogP contribution is 2.11. The Morgan fingerprint density at radius 3 is 2.27 bits per heavy atom. The first kappa shape index (κ1) is 11.2. The molecule has 0 aliphatic carbocycles. The molecule has 0 bridgehead atoms. The van der Waals surface area contributed by atoms with Crippen molar-refractivity contribution in [3.8, 4) is 0 Å². The zero-order chi connectivity index (χ0) is 11.4. The van der Waals surface area contributed by atoms with Crippen molar-refractivity contribution in [2.45, 2.75) is 19.8 Å². The van der Waals surface area contributed by atoms with E-state index >= 15 is 0 Å². The first-order chi connectivity index (χ1) is 7.00. The van der Waals surface area contributed by atoms with Crippen molar-refractivity contribution in [3.63, 3.8) is 0 Å². The molecule has 0 atom stereocenters. The van der Waals surface area contributed by atoms with E-state index in [1.54, 1.807) is 6.92 Å². The van der Waals surface area contributed by atoms with Gasteiger partial charge in [-0.25, -0.2) is 0 Å². The summed E-state index contributed by atoms with van der Waals surface area (Å²) in [4.78, 5) is 23.6. The van der Waals surface area contributed by atoms with Crippen LogP contribution < -0.4 is 11.5 Å². The van der Waals surface area contributed by atoms with Crippen molar-refractivity contribution >= 4 is 23.5 Å². The van der Waals surface area contributed by atoms with Gasteiger partial charge in [-0.2, -0.15) is 5.10 Å². The van der Waals surface area contributed by atoms with E-state index in [1.807, 2.05) is 0 Å². The lowest BCUT2D eigenvalue weighted by Crippen LogP contribution is -2.33. The number of nitrogens with two attached hydrogens (primary N) is 2. The van der Waals surface area contributed by atoms with Gasteiger partial charge in [0, 0.05) is 12.8 Å². The molecule has 7 heteroatoms. The van der Waals surface area contributed by atoms with Crippen LogP contribution in [-0.2, 0) is 9.59 Å². The van der Waals surface area contributed by atoms with Crippen LogP contribution in [0.1, 0.15) is 19.8 Å². The van der Waals surface area contributed by atoms with Crippen molar-refractivity contribution in [2.75, 3.05) is 6.54 Å². The molecule has 0 aromatic rings. The molecule has 0 spiro atoms. The van der Waals surface area contributed by atoms with Crippen molar-refractivity contribution in [1.29, 1.82) is 0 Å². The van der Waals surface area contributed by atoms with Crippen LogP contribution in [0.3, 0.4) is 0 Å². The number of hydrogen-bond acceptors (Lipinski definition) is 4. The minimum atomic E-state index is -0.181. The van der Waals surface area contributed by atoms with Crippen LogP contribution in [0.25, 0.3) is 0 Å². The lowest BCUT2D eigenvalue weighted by molar-refractivity contribution is -0.137. The Hall–Kier alpha value is -1.92. The van der Waals surface area contributed by atoms with Crippen LogP contribution in [0.15, 0.2) is 10.2 Å². The minimum absolute atomic E-state index is 0.147. The normalized spacial score (nSPS) is 17.1. The van der Waals surface area contributed by atoms with Gasteiger partial charge in [-0.15, -0.1) is 5.10 Å². The van der Waals surface area contributed by atoms with E-state index < -0.39 is 0 Å². The smallest absolute Gasteiger partial charge is 0.230 e. The predicted molar refractivity (Wildman–Crippen MR) is 54.9 cm³/mol.